The zero-order chi connectivity index (χ0) is 22.1. The Bertz CT molecular complexity index is 972. The summed E-state index contributed by atoms with van der Waals surface area (Å²) in [5.74, 6) is 0.723. The predicted molar refractivity (Wildman–Crippen MR) is 101 cm³/mol. The predicted octanol–water partition coefficient (Wildman–Crippen LogP) is 2.60. The topological polar surface area (TPSA) is 109 Å². The lowest BCUT2D eigenvalue weighted by molar-refractivity contribution is -0.606. The van der Waals surface area contributed by atoms with Gasteiger partial charge in [0, 0.05) is 30.7 Å². The lowest BCUT2D eigenvalue weighted by Crippen LogP contribution is -2.54. The molecule has 2 aromatic heterocycles. The van der Waals surface area contributed by atoms with Crippen LogP contribution >= 0.6 is 0 Å². The maximum atomic E-state index is 13.2. The maximum Gasteiger partial charge on any atom is 0.417 e. The Labute approximate surface area is 171 Å². The molecule has 3 rings (SSSR count). The van der Waals surface area contributed by atoms with Crippen LogP contribution in [0.2, 0.25) is 0 Å². The van der Waals surface area contributed by atoms with Gasteiger partial charge in [0.25, 0.3) is 0 Å². The fraction of sp³-hybridized carbons (Fsp3) is 0.500. The van der Waals surface area contributed by atoms with Crippen LogP contribution in [0.5, 0.6) is 0 Å². The second-order valence-corrected chi connectivity index (χ2v) is 8.04. The van der Waals surface area contributed by atoms with Crippen LogP contribution in [0.15, 0.2) is 24.7 Å². The molecule has 0 spiro atoms. The van der Waals surface area contributed by atoms with Gasteiger partial charge in [0.05, 0.1) is 11.8 Å². The van der Waals surface area contributed by atoms with E-state index in [0.29, 0.717) is 10.5 Å². The Hall–Kier alpha value is -2.93. The van der Waals surface area contributed by atoms with Gasteiger partial charge in [-0.2, -0.15) is 23.2 Å². The number of aromatic nitrogens is 3. The van der Waals surface area contributed by atoms with E-state index in [-0.39, 0.29) is 53.8 Å². The summed E-state index contributed by atoms with van der Waals surface area (Å²) in [6.45, 7) is 4.09. The van der Waals surface area contributed by atoms with E-state index >= 15 is 0 Å². The Balaban J connectivity index is 1.79. The molecule has 7 nitrogen and oxygen atoms in total. The van der Waals surface area contributed by atoms with Gasteiger partial charge in [-0.3, -0.25) is 0 Å². The highest BCUT2D eigenvalue weighted by atomic mass is 19.4. The van der Waals surface area contributed by atoms with Crippen LogP contribution in [0, 0.1) is 27.9 Å². The van der Waals surface area contributed by atoms with Crippen LogP contribution in [0.1, 0.15) is 42.8 Å². The van der Waals surface area contributed by atoms with Gasteiger partial charge in [0.1, 0.15) is 23.3 Å². The van der Waals surface area contributed by atoms with Gasteiger partial charge >= 0.3 is 6.18 Å². The average molecular weight is 421 g/mol. The summed E-state index contributed by atoms with van der Waals surface area (Å²) in [7, 11) is 0. The second kappa shape index (κ2) is 8.07. The first-order valence-corrected chi connectivity index (χ1v) is 9.48. The molecule has 0 aliphatic heterocycles. The first-order valence-electron chi connectivity index (χ1n) is 9.48. The first kappa shape index (κ1) is 21.8. The summed E-state index contributed by atoms with van der Waals surface area (Å²) in [5.41, 5.74) is -0.976. The summed E-state index contributed by atoms with van der Waals surface area (Å²) in [6.07, 6.45) is -0.809. The Morgan fingerprint density at radius 3 is 2.73 bits per heavy atom. The SMILES string of the molecule is CC1(C)C(Nc2nc(CCc3c[n+]([O-])ccc3C(F)(F)F)ncc2C#N)C[C@@H]1CO. The molecular formula is C20H22F3N5O2. The van der Waals surface area contributed by atoms with E-state index in [4.69, 9.17) is 0 Å². The smallest absolute Gasteiger partial charge is 0.417 e. The van der Waals surface area contributed by atoms with E-state index in [1.54, 1.807) is 0 Å². The van der Waals surface area contributed by atoms with Crippen LogP contribution in [-0.4, -0.2) is 27.7 Å². The minimum atomic E-state index is -4.57. The zero-order valence-corrected chi connectivity index (χ0v) is 16.6. The zero-order valence-electron chi connectivity index (χ0n) is 16.6. The highest BCUT2D eigenvalue weighted by molar-refractivity contribution is 5.52. The quantitative estimate of drug-likeness (QED) is 0.548. The molecule has 1 saturated carbocycles. The van der Waals surface area contributed by atoms with E-state index in [9.17, 15) is 28.7 Å². The van der Waals surface area contributed by atoms with Crippen LogP contribution in [-0.2, 0) is 19.0 Å². The van der Waals surface area contributed by atoms with Crippen molar-refractivity contribution < 1.29 is 23.0 Å². The van der Waals surface area contributed by atoms with Crippen LogP contribution < -0.4 is 10.0 Å². The number of aryl methyl sites for hydroxylation is 2. The standard InChI is InChI=1S/C20H22F3N5O2/c1-19(2)14(11-29)7-16(19)26-18-13(8-24)9-25-17(27-18)4-3-12-10-28(30)6-5-15(12)20(21,22)23/h5-6,9-10,14,16,29H,3-4,7,11H2,1-2H3,(H,25,26,27)/t14-,16?/m1/s1. The van der Waals surface area contributed by atoms with Crippen molar-refractivity contribution in [3.05, 3.63) is 52.4 Å². The van der Waals surface area contributed by atoms with Crippen LogP contribution in [0.25, 0.3) is 0 Å². The molecule has 1 unspecified atom stereocenters. The number of hydrogen-bond donors (Lipinski definition) is 2. The van der Waals surface area contributed by atoms with Gasteiger partial charge in [-0.05, 0) is 24.2 Å². The summed E-state index contributed by atoms with van der Waals surface area (Å²) >= 11 is 0. The highest BCUT2D eigenvalue weighted by Gasteiger charge is 2.47. The van der Waals surface area contributed by atoms with Crippen molar-refractivity contribution in [2.24, 2.45) is 11.3 Å². The number of aliphatic hydroxyl groups is 1. The molecule has 160 valence electrons. The van der Waals surface area contributed by atoms with Crippen molar-refractivity contribution in [2.45, 2.75) is 45.3 Å². The number of rotatable bonds is 6. The molecule has 2 atom stereocenters. The van der Waals surface area contributed by atoms with Gasteiger partial charge in [-0.15, -0.1) is 0 Å². The van der Waals surface area contributed by atoms with Crippen LogP contribution in [0.3, 0.4) is 0 Å². The molecule has 2 N–H and O–H groups in total. The highest BCUT2D eigenvalue weighted by Crippen LogP contribution is 2.47. The molecule has 1 fully saturated rings. The van der Waals surface area contributed by atoms with Gasteiger partial charge in [0.2, 0.25) is 0 Å². The van der Waals surface area contributed by atoms with Crippen molar-refractivity contribution >= 4 is 5.82 Å². The third kappa shape index (κ3) is 4.31. The van der Waals surface area contributed by atoms with Crippen molar-refractivity contribution in [3.8, 4) is 6.07 Å². The van der Waals surface area contributed by atoms with Crippen molar-refractivity contribution in [3.63, 3.8) is 0 Å². The van der Waals surface area contributed by atoms with Crippen molar-refractivity contribution in [1.29, 1.82) is 5.26 Å². The normalized spacial score (nSPS) is 20.3. The average Bonchev–Trinajstić information content (AvgIpc) is 2.68. The number of nitriles is 1. The van der Waals surface area contributed by atoms with E-state index in [2.05, 4.69) is 15.3 Å². The monoisotopic (exact) mass is 421 g/mol. The molecule has 0 aromatic carbocycles. The molecule has 1 aliphatic rings. The second-order valence-electron chi connectivity index (χ2n) is 8.04. The van der Waals surface area contributed by atoms with Gasteiger partial charge in [-0.1, -0.05) is 13.8 Å². The minimum absolute atomic E-state index is 0.00474. The van der Waals surface area contributed by atoms with E-state index in [0.717, 1.165) is 24.9 Å². The number of anilines is 1. The Morgan fingerprint density at radius 1 is 1.40 bits per heavy atom. The van der Waals surface area contributed by atoms with E-state index in [1.807, 2.05) is 19.9 Å². The fourth-order valence-corrected chi connectivity index (χ4v) is 3.71. The number of nitrogens with one attached hydrogen (secondary N) is 1. The van der Waals surface area contributed by atoms with Crippen molar-refractivity contribution in [2.75, 3.05) is 11.9 Å². The van der Waals surface area contributed by atoms with Crippen LogP contribution in [0.4, 0.5) is 19.0 Å². The summed E-state index contributed by atoms with van der Waals surface area (Å²) in [5, 5.41) is 33.4. The number of pyridine rings is 1. The molecule has 0 amide bonds. The number of halogens is 3. The molecule has 0 radical (unpaired) electrons. The number of nitrogens with zero attached hydrogens (tertiary/aromatic N) is 4. The minimum Gasteiger partial charge on any atom is -0.619 e. The maximum absolute atomic E-state index is 13.2. The summed E-state index contributed by atoms with van der Waals surface area (Å²) in [4.78, 5) is 8.42. The number of hydrogen-bond acceptors (Lipinski definition) is 6. The molecule has 30 heavy (non-hydrogen) atoms. The Kier molecular flexibility index (Phi) is 5.85. The molecule has 0 saturated heterocycles. The van der Waals surface area contributed by atoms with Gasteiger partial charge in [-0.25, -0.2) is 9.97 Å². The lowest BCUT2D eigenvalue weighted by Gasteiger charge is -2.52. The van der Waals surface area contributed by atoms with Crippen molar-refractivity contribution in [1.82, 2.24) is 9.97 Å². The molecule has 2 aromatic rings. The van der Waals surface area contributed by atoms with E-state index in [1.165, 1.54) is 6.20 Å². The largest absolute Gasteiger partial charge is 0.619 e. The third-order valence-corrected chi connectivity index (χ3v) is 5.90. The van der Waals surface area contributed by atoms with Gasteiger partial charge in [0.15, 0.2) is 12.4 Å². The third-order valence-electron chi connectivity index (χ3n) is 5.90. The van der Waals surface area contributed by atoms with Gasteiger partial charge < -0.3 is 15.6 Å². The van der Waals surface area contributed by atoms with E-state index < -0.39 is 11.7 Å². The molecule has 0 bridgehead atoms. The summed E-state index contributed by atoms with van der Waals surface area (Å²) in [6, 6.07) is 2.76. The molecule has 10 heteroatoms. The first-order chi connectivity index (χ1) is 14.1. The molecular weight excluding hydrogens is 399 g/mol. The molecule has 2 heterocycles. The lowest BCUT2D eigenvalue weighted by atomic mass is 9.59. The molecule has 1 aliphatic carbocycles. The number of aliphatic hydroxyl groups excluding tert-OH is 1. The Morgan fingerprint density at radius 2 is 2.13 bits per heavy atom. The number of alkyl halides is 3. The fourth-order valence-electron chi connectivity index (χ4n) is 3.71. The summed E-state index contributed by atoms with van der Waals surface area (Å²) < 4.78 is 39.9.